The maximum Gasteiger partial charge on any atom is 0.269 e. The number of nitrogens with one attached hydrogen (secondary N) is 1. The molecule has 1 N–H and O–H groups in total. The van der Waals surface area contributed by atoms with Gasteiger partial charge in [0.2, 0.25) is 0 Å². The molecule has 6 heteroatoms. The fourth-order valence-electron chi connectivity index (χ4n) is 1.76. The van der Waals surface area contributed by atoms with E-state index >= 15 is 0 Å². The molecular weight excluding hydrogens is 272 g/mol. The summed E-state index contributed by atoms with van der Waals surface area (Å²) in [5.74, 6) is 0. The second kappa shape index (κ2) is 7.95. The van der Waals surface area contributed by atoms with E-state index in [0.717, 1.165) is 17.8 Å². The Kier molecular flexibility index (Phi) is 6.58. The first-order chi connectivity index (χ1) is 9.83. The summed E-state index contributed by atoms with van der Waals surface area (Å²) < 4.78 is 11.1. The van der Waals surface area contributed by atoms with Gasteiger partial charge in [-0.05, 0) is 33.8 Å². The highest BCUT2D eigenvalue weighted by Gasteiger charge is 2.12. The van der Waals surface area contributed by atoms with Crippen molar-refractivity contribution < 1.29 is 14.4 Å². The molecule has 1 aromatic rings. The van der Waals surface area contributed by atoms with E-state index in [-0.39, 0.29) is 11.3 Å². The van der Waals surface area contributed by atoms with Crippen molar-refractivity contribution in [1.82, 2.24) is 0 Å². The van der Waals surface area contributed by atoms with Gasteiger partial charge >= 0.3 is 0 Å². The van der Waals surface area contributed by atoms with Crippen LogP contribution in [-0.2, 0) is 16.1 Å². The Morgan fingerprint density at radius 3 is 2.57 bits per heavy atom. The first-order valence-corrected chi connectivity index (χ1v) is 7.06. The second-order valence-electron chi connectivity index (χ2n) is 5.64. The summed E-state index contributed by atoms with van der Waals surface area (Å²) in [4.78, 5) is 10.4. The SMILES string of the molecule is CCNc1ccc([N+](=O)[O-])cc1COCCOC(C)(C)C. The van der Waals surface area contributed by atoms with E-state index in [2.05, 4.69) is 5.32 Å². The number of hydrogen-bond donors (Lipinski definition) is 1. The molecule has 0 fully saturated rings. The molecule has 0 saturated heterocycles. The summed E-state index contributed by atoms with van der Waals surface area (Å²) in [6.45, 7) is 9.93. The lowest BCUT2D eigenvalue weighted by atomic mass is 10.1. The molecule has 0 bridgehead atoms. The third kappa shape index (κ3) is 6.55. The lowest BCUT2D eigenvalue weighted by Gasteiger charge is -2.19. The van der Waals surface area contributed by atoms with Crippen LogP contribution in [0.1, 0.15) is 33.3 Å². The van der Waals surface area contributed by atoms with Crippen LogP contribution in [-0.4, -0.2) is 30.3 Å². The van der Waals surface area contributed by atoms with E-state index in [1.54, 1.807) is 12.1 Å². The predicted molar refractivity (Wildman–Crippen MR) is 82.6 cm³/mol. The number of ether oxygens (including phenoxy) is 2. The van der Waals surface area contributed by atoms with Crippen molar-refractivity contribution >= 4 is 11.4 Å². The van der Waals surface area contributed by atoms with Crippen LogP contribution >= 0.6 is 0 Å². The van der Waals surface area contributed by atoms with Crippen LogP contribution in [0.3, 0.4) is 0 Å². The topological polar surface area (TPSA) is 73.6 Å². The molecule has 0 radical (unpaired) electrons. The maximum atomic E-state index is 10.8. The molecule has 0 unspecified atom stereocenters. The van der Waals surface area contributed by atoms with Crippen molar-refractivity contribution in [3.05, 3.63) is 33.9 Å². The lowest BCUT2D eigenvalue weighted by Crippen LogP contribution is -2.21. The molecule has 0 spiro atoms. The van der Waals surface area contributed by atoms with E-state index in [1.165, 1.54) is 6.07 Å². The van der Waals surface area contributed by atoms with E-state index in [9.17, 15) is 10.1 Å². The molecule has 0 atom stereocenters. The number of benzene rings is 1. The standard InChI is InChI=1S/C15H24N2O4/c1-5-16-14-7-6-13(17(18)19)10-12(14)11-20-8-9-21-15(2,3)4/h6-7,10,16H,5,8-9,11H2,1-4H3. The summed E-state index contributed by atoms with van der Waals surface area (Å²) in [5, 5.41) is 14.0. The fraction of sp³-hybridized carbons (Fsp3) is 0.600. The van der Waals surface area contributed by atoms with Gasteiger partial charge in [0, 0.05) is 29.9 Å². The van der Waals surface area contributed by atoms with Crippen LogP contribution < -0.4 is 5.32 Å². The van der Waals surface area contributed by atoms with E-state index in [4.69, 9.17) is 9.47 Å². The van der Waals surface area contributed by atoms with Gasteiger partial charge in [0.05, 0.1) is 30.3 Å². The highest BCUT2D eigenvalue weighted by atomic mass is 16.6. The summed E-state index contributed by atoms with van der Waals surface area (Å²) in [6.07, 6.45) is 0. The van der Waals surface area contributed by atoms with Gasteiger partial charge in [-0.1, -0.05) is 0 Å². The van der Waals surface area contributed by atoms with Crippen LogP contribution in [0.4, 0.5) is 11.4 Å². The Morgan fingerprint density at radius 1 is 1.29 bits per heavy atom. The summed E-state index contributed by atoms with van der Waals surface area (Å²) in [7, 11) is 0. The van der Waals surface area contributed by atoms with Gasteiger partial charge < -0.3 is 14.8 Å². The van der Waals surface area contributed by atoms with Crippen LogP contribution in [0.2, 0.25) is 0 Å². The zero-order chi connectivity index (χ0) is 15.9. The zero-order valence-corrected chi connectivity index (χ0v) is 13.1. The Hall–Kier alpha value is -1.66. The smallest absolute Gasteiger partial charge is 0.269 e. The molecule has 0 aliphatic heterocycles. The largest absolute Gasteiger partial charge is 0.385 e. The van der Waals surface area contributed by atoms with Crippen molar-refractivity contribution in [2.24, 2.45) is 0 Å². The third-order valence-corrected chi connectivity index (χ3v) is 2.69. The van der Waals surface area contributed by atoms with E-state index in [0.29, 0.717) is 19.8 Å². The highest BCUT2D eigenvalue weighted by molar-refractivity contribution is 5.55. The fourth-order valence-corrected chi connectivity index (χ4v) is 1.76. The molecular formula is C15H24N2O4. The zero-order valence-electron chi connectivity index (χ0n) is 13.1. The van der Waals surface area contributed by atoms with E-state index in [1.807, 2.05) is 27.7 Å². The monoisotopic (exact) mass is 296 g/mol. The van der Waals surface area contributed by atoms with Gasteiger partial charge in [-0.2, -0.15) is 0 Å². The van der Waals surface area contributed by atoms with Gasteiger partial charge in [0.25, 0.3) is 5.69 Å². The molecule has 6 nitrogen and oxygen atoms in total. The number of nitro groups is 1. The number of nitrogens with zero attached hydrogens (tertiary/aromatic N) is 1. The third-order valence-electron chi connectivity index (χ3n) is 2.69. The summed E-state index contributed by atoms with van der Waals surface area (Å²) in [5.41, 5.74) is 1.52. The van der Waals surface area contributed by atoms with Crippen molar-refractivity contribution in [1.29, 1.82) is 0 Å². The van der Waals surface area contributed by atoms with Gasteiger partial charge in [0.15, 0.2) is 0 Å². The Balaban J connectivity index is 2.59. The van der Waals surface area contributed by atoms with Gasteiger partial charge in [-0.3, -0.25) is 10.1 Å². The summed E-state index contributed by atoms with van der Waals surface area (Å²) >= 11 is 0. The average molecular weight is 296 g/mol. The second-order valence-corrected chi connectivity index (χ2v) is 5.64. The Labute approximate surface area is 125 Å². The Morgan fingerprint density at radius 2 is 2.00 bits per heavy atom. The first-order valence-electron chi connectivity index (χ1n) is 7.06. The minimum Gasteiger partial charge on any atom is -0.385 e. The molecule has 21 heavy (non-hydrogen) atoms. The minimum absolute atomic E-state index is 0.0706. The molecule has 1 aromatic carbocycles. The first kappa shape index (κ1) is 17.4. The average Bonchev–Trinajstić information content (AvgIpc) is 2.38. The number of anilines is 1. The number of hydrogen-bond acceptors (Lipinski definition) is 5. The minimum atomic E-state index is -0.401. The van der Waals surface area contributed by atoms with Crippen molar-refractivity contribution in [3.63, 3.8) is 0 Å². The molecule has 0 amide bonds. The molecule has 0 saturated carbocycles. The molecule has 1 rings (SSSR count). The van der Waals surface area contributed by atoms with Crippen LogP contribution in [0, 0.1) is 10.1 Å². The molecule has 0 aliphatic carbocycles. The lowest BCUT2D eigenvalue weighted by molar-refractivity contribution is -0.384. The van der Waals surface area contributed by atoms with Crippen molar-refractivity contribution in [2.45, 2.75) is 39.9 Å². The number of nitro benzene ring substituents is 1. The Bertz CT molecular complexity index is 469. The molecule has 118 valence electrons. The molecule has 0 aliphatic rings. The van der Waals surface area contributed by atoms with Gasteiger partial charge in [0.1, 0.15) is 0 Å². The highest BCUT2D eigenvalue weighted by Crippen LogP contribution is 2.22. The van der Waals surface area contributed by atoms with Crippen molar-refractivity contribution in [3.8, 4) is 0 Å². The van der Waals surface area contributed by atoms with Crippen molar-refractivity contribution in [2.75, 3.05) is 25.1 Å². The quantitative estimate of drug-likeness (QED) is 0.452. The molecule has 0 heterocycles. The number of non-ortho nitro benzene ring substituents is 1. The normalized spacial score (nSPS) is 11.4. The van der Waals surface area contributed by atoms with Gasteiger partial charge in [-0.15, -0.1) is 0 Å². The van der Waals surface area contributed by atoms with Crippen LogP contribution in [0.25, 0.3) is 0 Å². The number of rotatable bonds is 8. The van der Waals surface area contributed by atoms with Gasteiger partial charge in [-0.25, -0.2) is 0 Å². The predicted octanol–water partition coefficient (Wildman–Crippen LogP) is 3.36. The van der Waals surface area contributed by atoms with Crippen LogP contribution in [0.15, 0.2) is 18.2 Å². The van der Waals surface area contributed by atoms with E-state index < -0.39 is 4.92 Å². The summed E-state index contributed by atoms with van der Waals surface area (Å²) in [6, 6.07) is 4.75. The maximum absolute atomic E-state index is 10.8. The van der Waals surface area contributed by atoms with Crippen LogP contribution in [0.5, 0.6) is 0 Å². The molecule has 0 aromatic heterocycles.